The Morgan fingerprint density at radius 2 is 1.88 bits per heavy atom. The number of esters is 1. The maximum Gasteiger partial charge on any atom is 0.336 e. The zero-order valence-electron chi connectivity index (χ0n) is 15.1. The number of hydrogen-bond donors (Lipinski definition) is 1. The lowest BCUT2D eigenvalue weighted by Gasteiger charge is -2.28. The molecule has 0 heterocycles. The summed E-state index contributed by atoms with van der Waals surface area (Å²) in [4.78, 5) is 38.4. The molecule has 1 aromatic carbocycles. The molecule has 2 rings (SSSR count). The second kappa shape index (κ2) is 7.91. The van der Waals surface area contributed by atoms with E-state index in [0.717, 1.165) is 18.4 Å². The van der Waals surface area contributed by atoms with Crippen LogP contribution < -0.4 is 0 Å². The van der Waals surface area contributed by atoms with E-state index in [-0.39, 0.29) is 13.0 Å². The van der Waals surface area contributed by atoms with Gasteiger partial charge in [0.05, 0.1) is 6.61 Å². The van der Waals surface area contributed by atoms with E-state index in [1.54, 1.807) is 19.1 Å². The van der Waals surface area contributed by atoms with Gasteiger partial charge in [-0.3, -0.25) is 9.59 Å². The van der Waals surface area contributed by atoms with Crippen molar-refractivity contribution in [2.45, 2.75) is 59.0 Å². The van der Waals surface area contributed by atoms with Gasteiger partial charge in [-0.1, -0.05) is 45.4 Å². The standard InChI is InChI=1S/C20H26O5/c1-4-7-9-13-10-8-11-14-15(13)17(22)20(6-3,16(14)21)18(23)19(24)25-12-5-2/h8,10-11,18,23H,4-7,9,12H2,1-3H3. The smallest absolute Gasteiger partial charge is 0.336 e. The molecule has 136 valence electrons. The highest BCUT2D eigenvalue weighted by Crippen LogP contribution is 2.44. The summed E-state index contributed by atoms with van der Waals surface area (Å²) in [6, 6.07) is 5.20. The number of Topliss-reactive ketones (excluding diaryl/α,β-unsaturated/α-hetero) is 2. The first-order valence-corrected chi connectivity index (χ1v) is 9.01. The van der Waals surface area contributed by atoms with Gasteiger partial charge in [-0.2, -0.15) is 0 Å². The summed E-state index contributed by atoms with van der Waals surface area (Å²) in [5.74, 6) is -1.84. The van der Waals surface area contributed by atoms with Crippen LogP contribution >= 0.6 is 0 Å². The van der Waals surface area contributed by atoms with E-state index in [1.165, 1.54) is 0 Å². The van der Waals surface area contributed by atoms with Crippen molar-refractivity contribution in [2.75, 3.05) is 6.61 Å². The third kappa shape index (κ3) is 3.13. The van der Waals surface area contributed by atoms with Crippen molar-refractivity contribution >= 4 is 17.5 Å². The molecule has 2 atom stereocenters. The van der Waals surface area contributed by atoms with Crippen molar-refractivity contribution in [3.63, 3.8) is 0 Å². The highest BCUT2D eigenvalue weighted by molar-refractivity contribution is 6.31. The van der Waals surface area contributed by atoms with Crippen LogP contribution in [0.15, 0.2) is 18.2 Å². The summed E-state index contributed by atoms with van der Waals surface area (Å²) in [6.07, 6.45) is 1.43. The van der Waals surface area contributed by atoms with Crippen LogP contribution in [0.2, 0.25) is 0 Å². The number of rotatable bonds is 8. The van der Waals surface area contributed by atoms with E-state index >= 15 is 0 Å². The van der Waals surface area contributed by atoms with E-state index in [1.807, 2.05) is 13.0 Å². The lowest BCUT2D eigenvalue weighted by molar-refractivity contribution is -0.158. The largest absolute Gasteiger partial charge is 0.464 e. The van der Waals surface area contributed by atoms with Gasteiger partial charge < -0.3 is 9.84 Å². The molecular weight excluding hydrogens is 320 g/mol. The molecule has 25 heavy (non-hydrogen) atoms. The lowest BCUT2D eigenvalue weighted by atomic mass is 9.74. The summed E-state index contributed by atoms with van der Waals surface area (Å²) in [6.45, 7) is 5.67. The highest BCUT2D eigenvalue weighted by atomic mass is 16.5. The van der Waals surface area contributed by atoms with Gasteiger partial charge in [-0.25, -0.2) is 4.79 Å². The third-order valence-corrected chi connectivity index (χ3v) is 4.93. The van der Waals surface area contributed by atoms with Crippen molar-refractivity contribution in [3.8, 4) is 0 Å². The molecule has 5 heteroatoms. The number of unbranched alkanes of at least 4 members (excludes halogenated alkanes) is 1. The Kier molecular flexibility index (Phi) is 6.11. The Bertz CT molecular complexity index is 679. The van der Waals surface area contributed by atoms with E-state index in [0.29, 0.717) is 24.0 Å². The Balaban J connectivity index is 2.46. The lowest BCUT2D eigenvalue weighted by Crippen LogP contribution is -2.49. The minimum absolute atomic E-state index is 0.0506. The third-order valence-electron chi connectivity index (χ3n) is 4.93. The number of fused-ring (bicyclic) bond motifs is 1. The molecule has 1 aliphatic carbocycles. The summed E-state index contributed by atoms with van der Waals surface area (Å²) in [5.41, 5.74) is -0.287. The van der Waals surface area contributed by atoms with Crippen LogP contribution in [0, 0.1) is 5.41 Å². The van der Waals surface area contributed by atoms with E-state index < -0.39 is 29.1 Å². The molecule has 0 saturated heterocycles. The van der Waals surface area contributed by atoms with E-state index in [4.69, 9.17) is 4.74 Å². The number of aliphatic hydroxyl groups excluding tert-OH is 1. The molecule has 0 amide bonds. The first-order valence-electron chi connectivity index (χ1n) is 9.01. The van der Waals surface area contributed by atoms with Crippen molar-refractivity contribution in [1.29, 1.82) is 0 Å². The van der Waals surface area contributed by atoms with Gasteiger partial charge in [0.2, 0.25) is 0 Å². The summed E-state index contributed by atoms with van der Waals surface area (Å²) >= 11 is 0. The molecule has 0 fully saturated rings. The van der Waals surface area contributed by atoms with Crippen LogP contribution in [-0.2, 0) is 16.0 Å². The highest BCUT2D eigenvalue weighted by Gasteiger charge is 2.59. The van der Waals surface area contributed by atoms with Crippen molar-refractivity contribution in [1.82, 2.24) is 0 Å². The monoisotopic (exact) mass is 346 g/mol. The van der Waals surface area contributed by atoms with Crippen LogP contribution in [0.25, 0.3) is 0 Å². The minimum atomic E-state index is -1.78. The number of carbonyl (C=O) groups excluding carboxylic acids is 3. The van der Waals surface area contributed by atoms with Gasteiger partial charge in [0, 0.05) is 11.1 Å². The maximum atomic E-state index is 13.2. The van der Waals surface area contributed by atoms with Gasteiger partial charge in [0.15, 0.2) is 17.7 Å². The van der Waals surface area contributed by atoms with Crippen LogP contribution in [0.3, 0.4) is 0 Å². The van der Waals surface area contributed by atoms with Crippen LogP contribution in [0.5, 0.6) is 0 Å². The quantitative estimate of drug-likeness (QED) is 0.578. The van der Waals surface area contributed by atoms with Crippen molar-refractivity contribution in [2.24, 2.45) is 5.41 Å². The second-order valence-electron chi connectivity index (χ2n) is 6.50. The molecule has 0 aliphatic heterocycles. The molecule has 0 aromatic heterocycles. The first-order chi connectivity index (χ1) is 11.9. The number of benzene rings is 1. The minimum Gasteiger partial charge on any atom is -0.464 e. The van der Waals surface area contributed by atoms with Gasteiger partial charge in [0.1, 0.15) is 5.41 Å². The topological polar surface area (TPSA) is 80.7 Å². The fourth-order valence-corrected chi connectivity index (χ4v) is 3.45. The van der Waals surface area contributed by atoms with Crippen LogP contribution in [0.1, 0.15) is 72.7 Å². The fourth-order valence-electron chi connectivity index (χ4n) is 3.45. The zero-order valence-corrected chi connectivity index (χ0v) is 15.1. The molecule has 0 spiro atoms. The summed E-state index contributed by atoms with van der Waals surface area (Å²) in [7, 11) is 0. The molecule has 2 unspecified atom stereocenters. The Morgan fingerprint density at radius 3 is 2.48 bits per heavy atom. The number of ketones is 2. The molecule has 1 aliphatic rings. The number of aliphatic hydroxyl groups is 1. The van der Waals surface area contributed by atoms with Crippen LogP contribution in [-0.4, -0.2) is 35.4 Å². The Morgan fingerprint density at radius 1 is 1.16 bits per heavy atom. The number of aryl methyl sites for hydroxylation is 1. The number of ether oxygens (including phenoxy) is 1. The average Bonchev–Trinajstić information content (AvgIpc) is 2.85. The number of carbonyl (C=O) groups is 3. The molecule has 1 N–H and O–H groups in total. The predicted molar refractivity (Wildman–Crippen MR) is 93.7 cm³/mol. The molecule has 0 radical (unpaired) electrons. The fraction of sp³-hybridized carbons (Fsp3) is 0.550. The normalized spacial score (nSPS) is 20.5. The zero-order chi connectivity index (χ0) is 18.6. The SMILES string of the molecule is CCCCc1cccc2c1C(=O)C(CC)(C(O)C(=O)OCCC)C2=O. The van der Waals surface area contributed by atoms with E-state index in [2.05, 4.69) is 6.92 Å². The molecular formula is C20H26O5. The molecule has 1 aromatic rings. The predicted octanol–water partition coefficient (Wildman–Crippen LogP) is 3.12. The maximum absolute atomic E-state index is 13.2. The van der Waals surface area contributed by atoms with E-state index in [9.17, 15) is 19.5 Å². The number of hydrogen-bond acceptors (Lipinski definition) is 5. The van der Waals surface area contributed by atoms with Gasteiger partial charge in [-0.15, -0.1) is 0 Å². The second-order valence-corrected chi connectivity index (χ2v) is 6.50. The van der Waals surface area contributed by atoms with Gasteiger partial charge in [0.25, 0.3) is 0 Å². The van der Waals surface area contributed by atoms with Crippen molar-refractivity contribution < 1.29 is 24.2 Å². The van der Waals surface area contributed by atoms with Gasteiger partial charge in [-0.05, 0) is 31.2 Å². The first kappa shape index (κ1) is 19.3. The summed E-state index contributed by atoms with van der Waals surface area (Å²) < 4.78 is 4.99. The molecule has 0 saturated carbocycles. The molecule has 5 nitrogen and oxygen atoms in total. The van der Waals surface area contributed by atoms with Gasteiger partial charge >= 0.3 is 5.97 Å². The molecule has 0 bridgehead atoms. The Labute approximate surface area is 148 Å². The van der Waals surface area contributed by atoms with Crippen LogP contribution in [0.4, 0.5) is 0 Å². The summed E-state index contributed by atoms with van der Waals surface area (Å²) in [5, 5.41) is 10.6. The van der Waals surface area contributed by atoms with Crippen molar-refractivity contribution in [3.05, 3.63) is 34.9 Å². The average molecular weight is 346 g/mol. The Hall–Kier alpha value is -2.01.